The third-order valence-electron chi connectivity index (χ3n) is 4.71. The lowest BCUT2D eigenvalue weighted by molar-refractivity contribution is -0.274. The summed E-state index contributed by atoms with van der Waals surface area (Å²) in [5, 5.41) is 13.4. The molecule has 0 radical (unpaired) electrons. The predicted molar refractivity (Wildman–Crippen MR) is 115 cm³/mol. The van der Waals surface area contributed by atoms with E-state index in [4.69, 9.17) is 0 Å². The third kappa shape index (κ3) is 6.14. The van der Waals surface area contributed by atoms with Crippen LogP contribution in [0.2, 0.25) is 0 Å². The zero-order chi connectivity index (χ0) is 22.6. The van der Waals surface area contributed by atoms with Crippen molar-refractivity contribution < 1.29 is 27.8 Å². The first kappa shape index (κ1) is 23.0. The van der Waals surface area contributed by atoms with Gasteiger partial charge in [0.05, 0.1) is 11.0 Å². The average molecular weight is 453 g/mol. The molecule has 10 heteroatoms. The van der Waals surface area contributed by atoms with Crippen LogP contribution in [0.3, 0.4) is 0 Å². The lowest BCUT2D eigenvalue weighted by Crippen LogP contribution is -2.40. The van der Waals surface area contributed by atoms with Crippen molar-refractivity contribution in [3.8, 4) is 5.75 Å². The molecule has 2 aliphatic heterocycles. The zero-order valence-corrected chi connectivity index (χ0v) is 17.6. The molecule has 0 saturated carbocycles. The SMILES string of the molecule is C=C/N=C1/SC(C(=O)N2CCC(O)CC2)=C/C1=C(/C)Nc1ccc(OC(F)(F)F)cc1. The van der Waals surface area contributed by atoms with Crippen LogP contribution >= 0.6 is 11.8 Å². The highest BCUT2D eigenvalue weighted by Gasteiger charge is 2.31. The van der Waals surface area contributed by atoms with Gasteiger partial charge in [0.25, 0.3) is 5.91 Å². The van der Waals surface area contributed by atoms with Gasteiger partial charge in [0.1, 0.15) is 10.8 Å². The molecular weight excluding hydrogens is 431 g/mol. The largest absolute Gasteiger partial charge is 0.573 e. The van der Waals surface area contributed by atoms with Gasteiger partial charge in [-0.05, 0) is 50.1 Å². The third-order valence-corrected chi connectivity index (χ3v) is 5.74. The summed E-state index contributed by atoms with van der Waals surface area (Å²) in [6.45, 7) is 6.39. The van der Waals surface area contributed by atoms with Crippen LogP contribution in [0.4, 0.5) is 18.9 Å². The minimum absolute atomic E-state index is 0.120. The first-order valence-corrected chi connectivity index (χ1v) is 10.4. The Bertz CT molecular complexity index is 931. The molecule has 1 aromatic carbocycles. The number of piperidine rings is 1. The molecule has 6 nitrogen and oxygen atoms in total. The summed E-state index contributed by atoms with van der Waals surface area (Å²) in [6.07, 6.45) is -0.892. The number of aliphatic imine (C=N–C) groups is 1. The van der Waals surface area contributed by atoms with E-state index in [1.54, 1.807) is 17.9 Å². The Morgan fingerprint density at radius 2 is 1.97 bits per heavy atom. The maximum absolute atomic E-state index is 12.9. The molecule has 2 aliphatic rings. The number of carbonyl (C=O) groups is 1. The Morgan fingerprint density at radius 1 is 1.32 bits per heavy atom. The molecule has 0 aliphatic carbocycles. The summed E-state index contributed by atoms with van der Waals surface area (Å²) in [5.41, 5.74) is 1.93. The van der Waals surface area contributed by atoms with Crippen LogP contribution in [-0.4, -0.2) is 46.5 Å². The molecule has 2 N–H and O–H groups in total. The second kappa shape index (κ2) is 9.61. The number of amides is 1. The van der Waals surface area contributed by atoms with E-state index in [1.807, 2.05) is 0 Å². The maximum Gasteiger partial charge on any atom is 0.573 e. The zero-order valence-electron chi connectivity index (χ0n) is 16.8. The second-order valence-electron chi connectivity index (χ2n) is 6.99. The van der Waals surface area contributed by atoms with E-state index in [-0.39, 0.29) is 17.8 Å². The van der Waals surface area contributed by atoms with E-state index < -0.39 is 6.36 Å². The van der Waals surface area contributed by atoms with Crippen molar-refractivity contribution >= 4 is 28.4 Å². The summed E-state index contributed by atoms with van der Waals surface area (Å²) in [4.78, 5) is 19.3. The molecule has 1 aromatic rings. The van der Waals surface area contributed by atoms with Crippen molar-refractivity contribution in [1.82, 2.24) is 4.90 Å². The number of rotatable bonds is 5. The molecule has 0 spiro atoms. The quantitative estimate of drug-likeness (QED) is 0.690. The number of likely N-dealkylation sites (tertiary alicyclic amines) is 1. The summed E-state index contributed by atoms with van der Waals surface area (Å²) in [6, 6.07) is 5.36. The normalized spacial score (nSPS) is 20.5. The number of nitrogens with zero attached hydrogens (tertiary/aromatic N) is 2. The number of benzene rings is 1. The Hall–Kier alpha value is -2.72. The highest BCUT2D eigenvalue weighted by molar-refractivity contribution is 8.18. The van der Waals surface area contributed by atoms with Crippen LogP contribution in [0.25, 0.3) is 0 Å². The lowest BCUT2D eigenvalue weighted by Gasteiger charge is -2.29. The Kier molecular flexibility index (Phi) is 7.11. The van der Waals surface area contributed by atoms with Gasteiger partial charge in [-0.25, -0.2) is 4.99 Å². The van der Waals surface area contributed by atoms with Crippen molar-refractivity contribution in [2.45, 2.75) is 32.2 Å². The monoisotopic (exact) mass is 453 g/mol. The highest BCUT2D eigenvalue weighted by Crippen LogP contribution is 2.36. The van der Waals surface area contributed by atoms with E-state index in [0.29, 0.717) is 52.8 Å². The Balaban J connectivity index is 1.77. The van der Waals surface area contributed by atoms with Crippen LogP contribution in [-0.2, 0) is 4.79 Å². The summed E-state index contributed by atoms with van der Waals surface area (Å²) < 4.78 is 40.8. The number of aliphatic hydroxyl groups excluding tert-OH is 1. The first-order chi connectivity index (χ1) is 14.7. The molecule has 0 bridgehead atoms. The van der Waals surface area contributed by atoms with Crippen LogP contribution in [0, 0.1) is 0 Å². The summed E-state index contributed by atoms with van der Waals surface area (Å²) in [5.74, 6) is -0.432. The van der Waals surface area contributed by atoms with Crippen LogP contribution in [0.15, 0.2) is 64.3 Å². The van der Waals surface area contributed by atoms with Gasteiger partial charge in [-0.3, -0.25) is 4.79 Å². The van der Waals surface area contributed by atoms with Crippen LogP contribution in [0.1, 0.15) is 19.8 Å². The van der Waals surface area contributed by atoms with Gasteiger partial charge >= 0.3 is 6.36 Å². The van der Waals surface area contributed by atoms with Crippen molar-refractivity contribution in [1.29, 1.82) is 0 Å². The van der Waals surface area contributed by atoms with Gasteiger partial charge in [0.2, 0.25) is 0 Å². The molecule has 3 rings (SSSR count). The van der Waals surface area contributed by atoms with Gasteiger partial charge in [-0.15, -0.1) is 13.2 Å². The van der Waals surface area contributed by atoms with Gasteiger partial charge in [0, 0.05) is 36.2 Å². The average Bonchev–Trinajstić information content (AvgIpc) is 3.13. The number of halogens is 3. The molecule has 0 atom stereocenters. The number of ether oxygens (including phenoxy) is 1. The number of alkyl halides is 3. The van der Waals surface area contributed by atoms with E-state index in [0.717, 1.165) is 0 Å². The molecule has 31 heavy (non-hydrogen) atoms. The molecule has 1 amide bonds. The fraction of sp³-hybridized carbons (Fsp3) is 0.333. The van der Waals surface area contributed by atoms with Gasteiger partial charge in [-0.1, -0.05) is 18.3 Å². The molecule has 166 valence electrons. The van der Waals surface area contributed by atoms with E-state index in [2.05, 4.69) is 21.6 Å². The molecule has 0 aromatic heterocycles. The minimum Gasteiger partial charge on any atom is -0.406 e. The van der Waals surface area contributed by atoms with Crippen molar-refractivity contribution in [2.24, 2.45) is 4.99 Å². The first-order valence-electron chi connectivity index (χ1n) is 9.56. The minimum atomic E-state index is -4.75. The summed E-state index contributed by atoms with van der Waals surface area (Å²) in [7, 11) is 0. The van der Waals surface area contributed by atoms with Crippen molar-refractivity contribution in [2.75, 3.05) is 18.4 Å². The highest BCUT2D eigenvalue weighted by atomic mass is 32.2. The van der Waals surface area contributed by atoms with Crippen LogP contribution < -0.4 is 10.1 Å². The number of carbonyl (C=O) groups excluding carboxylic acids is 1. The van der Waals surface area contributed by atoms with Crippen molar-refractivity contribution in [3.63, 3.8) is 0 Å². The molecule has 1 fully saturated rings. The number of hydrogen-bond donors (Lipinski definition) is 2. The van der Waals surface area contributed by atoms with E-state index >= 15 is 0 Å². The lowest BCUT2D eigenvalue weighted by atomic mass is 10.1. The molecule has 1 saturated heterocycles. The summed E-state index contributed by atoms with van der Waals surface area (Å²) >= 11 is 1.24. The van der Waals surface area contributed by atoms with Gasteiger partial charge in [-0.2, -0.15) is 0 Å². The predicted octanol–water partition coefficient (Wildman–Crippen LogP) is 4.43. The molecule has 2 heterocycles. The number of aliphatic hydroxyl groups is 1. The Morgan fingerprint density at radius 3 is 2.55 bits per heavy atom. The number of nitrogens with one attached hydrogen (secondary N) is 1. The second-order valence-corrected chi connectivity index (χ2v) is 8.02. The number of anilines is 1. The van der Waals surface area contributed by atoms with Gasteiger partial charge < -0.3 is 20.1 Å². The number of allylic oxidation sites excluding steroid dienone is 2. The molecule has 0 unspecified atom stereocenters. The molecular formula is C21H22F3N3O3S. The van der Waals surface area contributed by atoms with E-state index in [1.165, 1.54) is 42.2 Å². The standard InChI is InChI=1S/C21H22F3N3O3S/c1-3-25-19-17(12-18(31-19)20(29)27-10-8-15(28)9-11-27)13(2)26-14-4-6-16(7-5-14)30-21(22,23)24/h3-7,12,15,26,28H,1,8-11H2,2H3/b17-13+,25-19+. The topological polar surface area (TPSA) is 74.2 Å². The smallest absolute Gasteiger partial charge is 0.406 e. The maximum atomic E-state index is 12.9. The fourth-order valence-electron chi connectivity index (χ4n) is 3.18. The number of hydrogen-bond acceptors (Lipinski definition) is 6. The van der Waals surface area contributed by atoms with Crippen molar-refractivity contribution in [3.05, 3.63) is 59.3 Å². The number of thioether (sulfide) groups is 1. The van der Waals surface area contributed by atoms with E-state index in [9.17, 15) is 23.1 Å². The van der Waals surface area contributed by atoms with Gasteiger partial charge in [0.15, 0.2) is 0 Å². The Labute approximate surface area is 182 Å². The fourth-order valence-corrected chi connectivity index (χ4v) is 4.23. The van der Waals surface area contributed by atoms with Crippen LogP contribution in [0.5, 0.6) is 5.75 Å².